The Bertz CT molecular complexity index is 988. The standard InChI is InChI=1S/C23H31N3O6/c1-8-18-17(11-12-24-22(28)32-23(2,3)4)20(21(27)31-7)26(25-18)14-15-9-10-16(29-5)13-19(15)30-6/h9-13H,8,14H2,1-7H3,(H,24,28)/b12-11+. The van der Waals surface area contributed by atoms with Crippen LogP contribution in [0.4, 0.5) is 4.79 Å². The van der Waals surface area contributed by atoms with E-state index in [0.717, 1.165) is 5.56 Å². The number of rotatable bonds is 8. The van der Waals surface area contributed by atoms with Crippen LogP contribution in [0.5, 0.6) is 11.5 Å². The van der Waals surface area contributed by atoms with Crippen molar-refractivity contribution in [2.24, 2.45) is 0 Å². The van der Waals surface area contributed by atoms with Gasteiger partial charge in [-0.25, -0.2) is 9.59 Å². The summed E-state index contributed by atoms with van der Waals surface area (Å²) < 4.78 is 22.5. The Hall–Kier alpha value is -3.49. The van der Waals surface area contributed by atoms with E-state index in [1.165, 1.54) is 13.3 Å². The van der Waals surface area contributed by atoms with Gasteiger partial charge in [-0.1, -0.05) is 6.92 Å². The summed E-state index contributed by atoms with van der Waals surface area (Å²) in [6.07, 6.45) is 3.02. The Morgan fingerprint density at radius 3 is 2.44 bits per heavy atom. The lowest BCUT2D eigenvalue weighted by Crippen LogP contribution is -2.29. The minimum absolute atomic E-state index is 0.268. The van der Waals surface area contributed by atoms with Crippen LogP contribution in [0.2, 0.25) is 0 Å². The van der Waals surface area contributed by atoms with Crippen molar-refractivity contribution in [1.82, 2.24) is 15.1 Å². The molecular weight excluding hydrogens is 414 g/mol. The molecule has 2 rings (SSSR count). The van der Waals surface area contributed by atoms with Crippen molar-refractivity contribution in [3.8, 4) is 11.5 Å². The summed E-state index contributed by atoms with van der Waals surface area (Å²) in [5.41, 5.74) is 1.70. The predicted octanol–water partition coefficient (Wildman–Crippen LogP) is 3.79. The lowest BCUT2D eigenvalue weighted by molar-refractivity contribution is 0.0550. The third kappa shape index (κ3) is 6.26. The van der Waals surface area contributed by atoms with E-state index >= 15 is 0 Å². The first-order valence-corrected chi connectivity index (χ1v) is 10.2. The van der Waals surface area contributed by atoms with Crippen molar-refractivity contribution >= 4 is 18.1 Å². The highest BCUT2D eigenvalue weighted by atomic mass is 16.6. The molecule has 0 spiro atoms. The molecule has 1 amide bonds. The Morgan fingerprint density at radius 1 is 1.16 bits per heavy atom. The first-order valence-electron chi connectivity index (χ1n) is 10.2. The second-order valence-electron chi connectivity index (χ2n) is 7.87. The van der Waals surface area contributed by atoms with Gasteiger partial charge in [0.1, 0.15) is 17.1 Å². The molecule has 0 saturated carbocycles. The number of aromatic nitrogens is 2. The van der Waals surface area contributed by atoms with E-state index in [1.807, 2.05) is 19.1 Å². The number of aryl methyl sites for hydroxylation is 1. The number of amides is 1. The SMILES string of the molecule is CCc1nn(Cc2ccc(OC)cc2OC)c(C(=O)OC)c1/C=C/NC(=O)OC(C)(C)C. The topological polar surface area (TPSA) is 101 Å². The maximum atomic E-state index is 12.6. The third-order valence-electron chi connectivity index (χ3n) is 4.44. The van der Waals surface area contributed by atoms with E-state index in [4.69, 9.17) is 18.9 Å². The molecule has 0 saturated heterocycles. The highest BCUT2D eigenvalue weighted by Crippen LogP contribution is 2.27. The molecule has 0 atom stereocenters. The van der Waals surface area contributed by atoms with Crippen molar-refractivity contribution in [3.05, 3.63) is 46.9 Å². The van der Waals surface area contributed by atoms with Crippen molar-refractivity contribution < 1.29 is 28.5 Å². The van der Waals surface area contributed by atoms with Gasteiger partial charge in [0.25, 0.3) is 0 Å². The number of hydrogen-bond donors (Lipinski definition) is 1. The quantitative estimate of drug-likeness (QED) is 0.617. The average Bonchev–Trinajstić information content (AvgIpc) is 3.09. The number of benzene rings is 1. The molecule has 1 aromatic heterocycles. The number of carbonyl (C=O) groups excluding carboxylic acids is 2. The van der Waals surface area contributed by atoms with Gasteiger partial charge in [0, 0.05) is 23.4 Å². The van der Waals surface area contributed by atoms with Gasteiger partial charge in [-0.15, -0.1) is 0 Å². The first kappa shape index (κ1) is 24.8. The highest BCUT2D eigenvalue weighted by molar-refractivity contribution is 5.92. The van der Waals surface area contributed by atoms with Gasteiger partial charge in [0.15, 0.2) is 5.69 Å². The number of esters is 1. The fourth-order valence-corrected chi connectivity index (χ4v) is 3.03. The van der Waals surface area contributed by atoms with Gasteiger partial charge < -0.3 is 18.9 Å². The number of nitrogens with zero attached hydrogens (tertiary/aromatic N) is 2. The van der Waals surface area contributed by atoms with E-state index in [-0.39, 0.29) is 12.2 Å². The molecule has 0 unspecified atom stereocenters. The second kappa shape index (κ2) is 10.7. The van der Waals surface area contributed by atoms with Crippen LogP contribution in [-0.4, -0.2) is 48.8 Å². The minimum Gasteiger partial charge on any atom is -0.497 e. The molecule has 0 aliphatic carbocycles. The summed E-state index contributed by atoms with van der Waals surface area (Å²) in [6, 6.07) is 5.43. The van der Waals surface area contributed by atoms with Crippen LogP contribution in [0, 0.1) is 0 Å². The molecule has 1 heterocycles. The van der Waals surface area contributed by atoms with E-state index in [2.05, 4.69) is 10.4 Å². The maximum absolute atomic E-state index is 12.6. The smallest absolute Gasteiger partial charge is 0.411 e. The zero-order valence-electron chi connectivity index (χ0n) is 19.6. The van der Waals surface area contributed by atoms with E-state index in [9.17, 15) is 9.59 Å². The van der Waals surface area contributed by atoms with E-state index in [0.29, 0.717) is 29.2 Å². The van der Waals surface area contributed by atoms with Crippen molar-refractivity contribution in [2.45, 2.75) is 46.3 Å². The van der Waals surface area contributed by atoms with Crippen molar-refractivity contribution in [2.75, 3.05) is 21.3 Å². The number of alkyl carbamates (subject to hydrolysis) is 1. The van der Waals surface area contributed by atoms with Crippen LogP contribution in [-0.2, 0) is 22.4 Å². The van der Waals surface area contributed by atoms with Crippen molar-refractivity contribution in [3.63, 3.8) is 0 Å². The number of nitrogens with one attached hydrogen (secondary N) is 1. The van der Waals surface area contributed by atoms with Crippen LogP contribution in [0.3, 0.4) is 0 Å². The van der Waals surface area contributed by atoms with Crippen molar-refractivity contribution in [1.29, 1.82) is 0 Å². The molecule has 0 aliphatic rings. The van der Waals surface area contributed by atoms with Gasteiger partial charge in [-0.2, -0.15) is 5.10 Å². The fourth-order valence-electron chi connectivity index (χ4n) is 3.03. The van der Waals surface area contributed by atoms with Crippen LogP contribution in [0.15, 0.2) is 24.4 Å². The van der Waals surface area contributed by atoms with E-state index < -0.39 is 17.7 Å². The first-order chi connectivity index (χ1) is 15.1. The Morgan fingerprint density at radius 2 is 1.88 bits per heavy atom. The Balaban J connectivity index is 2.41. The average molecular weight is 446 g/mol. The van der Waals surface area contributed by atoms with Crippen LogP contribution in [0.1, 0.15) is 55.0 Å². The fraction of sp³-hybridized carbons (Fsp3) is 0.435. The maximum Gasteiger partial charge on any atom is 0.411 e. The molecule has 2 aromatic rings. The minimum atomic E-state index is -0.619. The Labute approximate surface area is 188 Å². The molecule has 0 aliphatic heterocycles. The molecule has 9 heteroatoms. The van der Waals surface area contributed by atoms with E-state index in [1.54, 1.807) is 51.8 Å². The molecule has 1 aromatic carbocycles. The van der Waals surface area contributed by atoms with Crippen LogP contribution in [0.25, 0.3) is 6.08 Å². The number of ether oxygens (including phenoxy) is 4. The van der Waals surface area contributed by atoms with Crippen LogP contribution < -0.4 is 14.8 Å². The molecule has 0 bridgehead atoms. The van der Waals surface area contributed by atoms with Gasteiger partial charge in [0.05, 0.1) is 33.6 Å². The normalized spacial score (nSPS) is 11.3. The lowest BCUT2D eigenvalue weighted by Gasteiger charge is -2.18. The monoisotopic (exact) mass is 445 g/mol. The summed E-state index contributed by atoms with van der Waals surface area (Å²) in [5, 5.41) is 7.15. The third-order valence-corrected chi connectivity index (χ3v) is 4.44. The second-order valence-corrected chi connectivity index (χ2v) is 7.87. The summed E-state index contributed by atoms with van der Waals surface area (Å²) in [4.78, 5) is 24.6. The lowest BCUT2D eigenvalue weighted by atomic mass is 10.1. The summed E-state index contributed by atoms with van der Waals surface area (Å²) >= 11 is 0. The largest absolute Gasteiger partial charge is 0.497 e. The van der Waals surface area contributed by atoms with Gasteiger partial charge in [-0.3, -0.25) is 10.00 Å². The van der Waals surface area contributed by atoms with Gasteiger partial charge in [0.2, 0.25) is 0 Å². The molecule has 32 heavy (non-hydrogen) atoms. The predicted molar refractivity (Wildman–Crippen MR) is 120 cm³/mol. The summed E-state index contributed by atoms with van der Waals surface area (Å²) in [6.45, 7) is 7.53. The Kier molecular flexibility index (Phi) is 8.28. The molecule has 9 nitrogen and oxygen atoms in total. The molecule has 174 valence electrons. The molecule has 0 fully saturated rings. The zero-order valence-corrected chi connectivity index (χ0v) is 19.6. The van der Waals surface area contributed by atoms with Crippen LogP contribution >= 0.6 is 0 Å². The number of methoxy groups -OCH3 is 3. The molecular formula is C23H31N3O6. The summed E-state index contributed by atoms with van der Waals surface area (Å²) in [7, 11) is 4.46. The number of carbonyl (C=O) groups is 2. The number of hydrogen-bond acceptors (Lipinski definition) is 7. The summed E-state index contributed by atoms with van der Waals surface area (Å²) in [5.74, 6) is 0.726. The molecule has 0 radical (unpaired) electrons. The molecule has 1 N–H and O–H groups in total. The highest BCUT2D eigenvalue weighted by Gasteiger charge is 2.23. The van der Waals surface area contributed by atoms with Gasteiger partial charge >= 0.3 is 12.1 Å². The zero-order chi connectivity index (χ0) is 23.9. The van der Waals surface area contributed by atoms with Gasteiger partial charge in [-0.05, 0) is 45.4 Å².